The van der Waals surface area contributed by atoms with Gasteiger partial charge >= 0.3 is 0 Å². The Hall–Kier alpha value is -1.42. The van der Waals surface area contributed by atoms with E-state index in [0.29, 0.717) is 0 Å². The molecule has 0 aliphatic heterocycles. The van der Waals surface area contributed by atoms with Gasteiger partial charge in [-0.3, -0.25) is 0 Å². The summed E-state index contributed by atoms with van der Waals surface area (Å²) in [6, 6.07) is 10.2. The minimum absolute atomic E-state index is 1.02. The summed E-state index contributed by atoms with van der Waals surface area (Å²) in [4.78, 5) is 2.09. The molecule has 0 aliphatic carbocycles. The van der Waals surface area contributed by atoms with Crippen molar-refractivity contribution in [3.05, 3.63) is 35.3 Å². The molecule has 0 spiro atoms. The Bertz CT molecular complexity index is 431. The Morgan fingerprint density at radius 1 is 1.27 bits per heavy atom. The highest BCUT2D eigenvalue weighted by Gasteiger charge is 2.15. The van der Waals surface area contributed by atoms with E-state index in [1.807, 2.05) is 37.0 Å². The lowest BCUT2D eigenvalue weighted by molar-refractivity contribution is -0.729. The van der Waals surface area contributed by atoms with Crippen LogP contribution in [0.2, 0.25) is 0 Å². The molecule has 0 saturated carbocycles. The van der Waals surface area contributed by atoms with E-state index in [0.717, 1.165) is 10.8 Å². The largest absolute Gasteiger partial charge is 0.316 e. The first kappa shape index (κ1) is 10.1. The number of aromatic nitrogens is 2. The quantitative estimate of drug-likeness (QED) is 0.722. The molecule has 2 rings (SSSR count). The summed E-state index contributed by atoms with van der Waals surface area (Å²) in [7, 11) is 4.00. The maximum absolute atomic E-state index is 4.45. The van der Waals surface area contributed by atoms with E-state index in [1.54, 1.807) is 11.3 Å². The van der Waals surface area contributed by atoms with Crippen LogP contribution in [0.1, 0.15) is 5.01 Å². The third kappa shape index (κ3) is 1.99. The molecule has 0 fully saturated rings. The molecule has 1 aromatic carbocycles. The number of hydrogen-bond acceptors (Lipinski definition) is 3. The van der Waals surface area contributed by atoms with Crippen LogP contribution in [0.3, 0.4) is 0 Å². The minimum Gasteiger partial charge on any atom is -0.316 e. The van der Waals surface area contributed by atoms with Crippen molar-refractivity contribution in [2.75, 3.05) is 11.9 Å². The molecule has 15 heavy (non-hydrogen) atoms. The first-order valence-corrected chi connectivity index (χ1v) is 5.62. The SMILES string of the molecule is Cc1sc(N(C)c2ccccc2)n[n+]1C. The van der Waals surface area contributed by atoms with Crippen molar-refractivity contribution >= 4 is 22.2 Å². The van der Waals surface area contributed by atoms with Crippen molar-refractivity contribution in [3.8, 4) is 0 Å². The maximum Gasteiger partial charge on any atom is 0.263 e. The summed E-state index contributed by atoms with van der Waals surface area (Å²) < 4.78 is 1.90. The van der Waals surface area contributed by atoms with E-state index in [2.05, 4.69) is 29.1 Å². The van der Waals surface area contributed by atoms with Gasteiger partial charge in [0.05, 0.1) is 0 Å². The Morgan fingerprint density at radius 2 is 1.93 bits per heavy atom. The molecular formula is C11H14N3S+. The number of hydrogen-bond donors (Lipinski definition) is 0. The van der Waals surface area contributed by atoms with Crippen molar-refractivity contribution in [2.45, 2.75) is 6.92 Å². The number of nitrogens with zero attached hydrogens (tertiary/aromatic N) is 3. The van der Waals surface area contributed by atoms with Crippen LogP contribution in [-0.2, 0) is 7.05 Å². The molecule has 3 nitrogen and oxygen atoms in total. The monoisotopic (exact) mass is 220 g/mol. The zero-order valence-electron chi connectivity index (χ0n) is 9.14. The topological polar surface area (TPSA) is 20.0 Å². The van der Waals surface area contributed by atoms with Gasteiger partial charge in [-0.05, 0) is 23.5 Å². The van der Waals surface area contributed by atoms with Crippen LogP contribution in [0.4, 0.5) is 10.8 Å². The third-order valence-electron chi connectivity index (χ3n) is 2.36. The van der Waals surface area contributed by atoms with Crippen molar-refractivity contribution in [2.24, 2.45) is 7.05 Å². The molecular weight excluding hydrogens is 206 g/mol. The number of anilines is 2. The highest BCUT2D eigenvalue weighted by Crippen LogP contribution is 2.24. The normalized spacial score (nSPS) is 10.3. The molecule has 0 atom stereocenters. The lowest BCUT2D eigenvalue weighted by atomic mass is 10.3. The highest BCUT2D eigenvalue weighted by molar-refractivity contribution is 7.14. The van der Waals surface area contributed by atoms with Crippen LogP contribution >= 0.6 is 11.3 Å². The van der Waals surface area contributed by atoms with Crippen molar-refractivity contribution in [1.29, 1.82) is 0 Å². The van der Waals surface area contributed by atoms with Crippen molar-refractivity contribution < 1.29 is 4.68 Å². The van der Waals surface area contributed by atoms with Crippen LogP contribution in [0.25, 0.3) is 0 Å². The fourth-order valence-electron chi connectivity index (χ4n) is 1.31. The lowest BCUT2D eigenvalue weighted by Gasteiger charge is -2.12. The lowest BCUT2D eigenvalue weighted by Crippen LogP contribution is -2.32. The molecule has 0 aliphatic rings. The van der Waals surface area contributed by atoms with E-state index in [9.17, 15) is 0 Å². The molecule has 0 radical (unpaired) electrons. The molecule has 78 valence electrons. The summed E-state index contributed by atoms with van der Waals surface area (Å²) in [5, 5.41) is 6.66. The minimum atomic E-state index is 1.02. The van der Waals surface area contributed by atoms with Crippen LogP contribution in [0, 0.1) is 6.92 Å². The second-order valence-corrected chi connectivity index (χ2v) is 4.58. The molecule has 0 N–H and O–H groups in total. The van der Waals surface area contributed by atoms with Crippen LogP contribution in [0.15, 0.2) is 30.3 Å². The first-order chi connectivity index (χ1) is 7.18. The van der Waals surface area contributed by atoms with E-state index >= 15 is 0 Å². The number of rotatable bonds is 2. The average molecular weight is 220 g/mol. The number of aryl methyl sites for hydroxylation is 2. The Labute approximate surface area is 93.6 Å². The van der Waals surface area contributed by atoms with Crippen LogP contribution in [-0.4, -0.2) is 12.1 Å². The van der Waals surface area contributed by atoms with Gasteiger partial charge in [-0.25, -0.2) is 0 Å². The zero-order valence-corrected chi connectivity index (χ0v) is 9.95. The van der Waals surface area contributed by atoms with Crippen LogP contribution < -0.4 is 9.58 Å². The van der Waals surface area contributed by atoms with Gasteiger partial charge in [0.15, 0.2) is 7.05 Å². The van der Waals surface area contributed by atoms with E-state index in [-0.39, 0.29) is 0 Å². The molecule has 0 amide bonds. The van der Waals surface area contributed by atoms with Crippen molar-refractivity contribution in [3.63, 3.8) is 0 Å². The van der Waals surface area contributed by atoms with Gasteiger partial charge in [0.2, 0.25) is 0 Å². The van der Waals surface area contributed by atoms with Gasteiger partial charge in [-0.1, -0.05) is 22.9 Å². The summed E-state index contributed by atoms with van der Waals surface area (Å²) in [5.74, 6) is 0. The van der Waals surface area contributed by atoms with Gasteiger partial charge in [0, 0.05) is 24.8 Å². The predicted octanol–water partition coefficient (Wildman–Crippen LogP) is 2.04. The van der Waals surface area contributed by atoms with Gasteiger partial charge in [0.25, 0.3) is 10.1 Å². The second-order valence-electron chi connectivity index (χ2n) is 3.42. The van der Waals surface area contributed by atoms with E-state index in [1.165, 1.54) is 5.01 Å². The third-order valence-corrected chi connectivity index (χ3v) is 3.46. The summed E-state index contributed by atoms with van der Waals surface area (Å²) in [6.45, 7) is 2.07. The molecule has 2 aromatic rings. The Balaban J connectivity index is 2.32. The Morgan fingerprint density at radius 3 is 2.47 bits per heavy atom. The number of benzene rings is 1. The number of para-hydroxylation sites is 1. The van der Waals surface area contributed by atoms with Gasteiger partial charge < -0.3 is 4.90 Å². The van der Waals surface area contributed by atoms with E-state index in [4.69, 9.17) is 0 Å². The summed E-state index contributed by atoms with van der Waals surface area (Å²) in [5.41, 5.74) is 1.16. The molecule has 1 aromatic heterocycles. The van der Waals surface area contributed by atoms with Gasteiger partial charge in [-0.15, -0.1) is 0 Å². The first-order valence-electron chi connectivity index (χ1n) is 4.81. The Kier molecular flexibility index (Phi) is 2.68. The predicted molar refractivity (Wildman–Crippen MR) is 62.5 cm³/mol. The maximum atomic E-state index is 4.45. The highest BCUT2D eigenvalue weighted by atomic mass is 32.1. The van der Waals surface area contributed by atoms with E-state index < -0.39 is 0 Å². The second kappa shape index (κ2) is 3.98. The summed E-state index contributed by atoms with van der Waals surface area (Å²) in [6.07, 6.45) is 0. The standard InChI is InChI=1S/C11H14N3S/c1-9-14(3)12-11(15-9)13(2)10-7-5-4-6-8-10/h4-8H,1-3H3/q+1. The molecule has 4 heteroatoms. The van der Waals surface area contributed by atoms with Gasteiger partial charge in [0.1, 0.15) is 0 Å². The summed E-state index contributed by atoms with van der Waals surface area (Å²) >= 11 is 1.70. The smallest absolute Gasteiger partial charge is 0.263 e. The van der Waals surface area contributed by atoms with Crippen LogP contribution in [0.5, 0.6) is 0 Å². The van der Waals surface area contributed by atoms with Gasteiger partial charge in [-0.2, -0.15) is 0 Å². The van der Waals surface area contributed by atoms with Crippen molar-refractivity contribution in [1.82, 2.24) is 5.10 Å². The molecule has 0 unspecified atom stereocenters. The fraction of sp³-hybridized carbons (Fsp3) is 0.273. The molecule has 1 heterocycles. The molecule has 0 bridgehead atoms. The molecule has 0 saturated heterocycles. The fourth-order valence-corrected chi connectivity index (χ4v) is 2.16. The zero-order chi connectivity index (χ0) is 10.8. The average Bonchev–Trinajstić information content (AvgIpc) is 2.59.